The van der Waals surface area contributed by atoms with Gasteiger partial charge in [-0.05, 0) is 31.2 Å². The van der Waals surface area contributed by atoms with E-state index in [0.717, 1.165) is 21.8 Å². The summed E-state index contributed by atoms with van der Waals surface area (Å²) in [5.41, 5.74) is 4.53. The zero-order valence-electron chi connectivity index (χ0n) is 16.3. The molecule has 0 aliphatic heterocycles. The highest BCUT2D eigenvalue weighted by Gasteiger charge is 2.17. The van der Waals surface area contributed by atoms with Crippen molar-refractivity contribution in [1.29, 1.82) is 0 Å². The molecule has 4 aromatic rings. The number of carbonyl (C=O) groups excluding carboxylic acids is 2. The second-order valence-electron chi connectivity index (χ2n) is 7.00. The van der Waals surface area contributed by atoms with Crippen molar-refractivity contribution in [3.05, 3.63) is 76.9 Å². The number of carbonyl (C=O) groups is 2. The highest BCUT2D eigenvalue weighted by molar-refractivity contribution is 7.15. The zero-order valence-corrected chi connectivity index (χ0v) is 17.2. The summed E-state index contributed by atoms with van der Waals surface area (Å²) in [5, 5.41) is 4.75. The molecule has 0 spiro atoms. The molecule has 0 saturated heterocycles. The van der Waals surface area contributed by atoms with E-state index in [0.29, 0.717) is 16.9 Å². The third kappa shape index (κ3) is 3.77. The number of hydrogen-bond acceptors (Lipinski definition) is 4. The van der Waals surface area contributed by atoms with E-state index in [1.54, 1.807) is 29.5 Å². The number of fused-ring (bicyclic) bond motifs is 1. The summed E-state index contributed by atoms with van der Waals surface area (Å²) in [7, 11) is 3.45. The van der Waals surface area contributed by atoms with Crippen LogP contribution in [0, 0.1) is 6.92 Å². The highest BCUT2D eigenvalue weighted by Crippen LogP contribution is 2.26. The standard InChI is InChI=1S/C22H20N4O2S/c1-14-6-4-8-16(10-14)20(27)23-17-9-5-7-15(11-17)18-12-26-19(21(28)25(2)3)13-29-22(26)24-18/h4-13H,1-3H3,(H,23,27). The molecule has 29 heavy (non-hydrogen) atoms. The summed E-state index contributed by atoms with van der Waals surface area (Å²) in [6, 6.07) is 15.0. The number of hydrogen-bond donors (Lipinski definition) is 1. The van der Waals surface area contributed by atoms with Gasteiger partial charge in [-0.25, -0.2) is 4.98 Å². The summed E-state index contributed by atoms with van der Waals surface area (Å²) in [4.78, 5) is 31.8. The summed E-state index contributed by atoms with van der Waals surface area (Å²) >= 11 is 1.42. The van der Waals surface area contributed by atoms with Crippen LogP contribution in [-0.2, 0) is 0 Å². The van der Waals surface area contributed by atoms with Gasteiger partial charge >= 0.3 is 0 Å². The summed E-state index contributed by atoms with van der Waals surface area (Å²) in [6.45, 7) is 1.96. The second kappa shape index (κ2) is 7.52. The molecule has 2 amide bonds. The van der Waals surface area contributed by atoms with Crippen molar-refractivity contribution in [2.24, 2.45) is 0 Å². The predicted molar refractivity (Wildman–Crippen MR) is 116 cm³/mol. The molecule has 0 atom stereocenters. The molecule has 0 saturated carbocycles. The SMILES string of the molecule is Cc1cccc(C(=O)Nc2cccc(-c3cn4c(C(=O)N(C)C)csc4n3)c2)c1. The molecule has 1 N–H and O–H groups in total. The lowest BCUT2D eigenvalue weighted by Gasteiger charge is -2.08. The van der Waals surface area contributed by atoms with E-state index in [1.165, 1.54) is 11.3 Å². The molecule has 6 nitrogen and oxygen atoms in total. The normalized spacial score (nSPS) is 10.9. The molecule has 0 bridgehead atoms. The average molecular weight is 404 g/mol. The molecule has 2 aromatic heterocycles. The lowest BCUT2D eigenvalue weighted by molar-refractivity contribution is 0.0821. The first kappa shape index (κ1) is 18.9. The Balaban J connectivity index is 1.62. The van der Waals surface area contributed by atoms with Crippen LogP contribution in [0.25, 0.3) is 16.2 Å². The van der Waals surface area contributed by atoms with Crippen LogP contribution in [0.1, 0.15) is 26.4 Å². The highest BCUT2D eigenvalue weighted by atomic mass is 32.1. The molecule has 0 radical (unpaired) electrons. The van der Waals surface area contributed by atoms with Gasteiger partial charge in [-0.3, -0.25) is 14.0 Å². The first-order valence-corrected chi connectivity index (χ1v) is 9.97. The molecule has 0 unspecified atom stereocenters. The Hall–Kier alpha value is -3.45. The predicted octanol–water partition coefficient (Wildman–Crippen LogP) is 4.33. The summed E-state index contributed by atoms with van der Waals surface area (Å²) in [5.74, 6) is -0.227. The number of rotatable bonds is 4. The zero-order chi connectivity index (χ0) is 20.5. The van der Waals surface area contributed by atoms with Crippen molar-refractivity contribution in [3.8, 4) is 11.3 Å². The van der Waals surface area contributed by atoms with E-state index in [2.05, 4.69) is 10.3 Å². The topological polar surface area (TPSA) is 66.7 Å². The monoisotopic (exact) mass is 404 g/mol. The van der Waals surface area contributed by atoms with E-state index in [4.69, 9.17) is 0 Å². The number of nitrogens with one attached hydrogen (secondary N) is 1. The molecular weight excluding hydrogens is 384 g/mol. The van der Waals surface area contributed by atoms with Crippen molar-refractivity contribution in [1.82, 2.24) is 14.3 Å². The van der Waals surface area contributed by atoms with Crippen LogP contribution in [0.5, 0.6) is 0 Å². The fourth-order valence-electron chi connectivity index (χ4n) is 3.05. The van der Waals surface area contributed by atoms with Crippen molar-refractivity contribution >= 4 is 33.8 Å². The van der Waals surface area contributed by atoms with Crippen LogP contribution < -0.4 is 5.32 Å². The van der Waals surface area contributed by atoms with Crippen LogP contribution >= 0.6 is 11.3 Å². The number of nitrogens with zero attached hydrogens (tertiary/aromatic N) is 3. The molecule has 0 aliphatic carbocycles. The molecule has 146 valence electrons. The van der Waals surface area contributed by atoms with Gasteiger partial charge in [-0.2, -0.15) is 0 Å². The maximum Gasteiger partial charge on any atom is 0.271 e. The molecule has 0 fully saturated rings. The van der Waals surface area contributed by atoms with Crippen molar-refractivity contribution in [2.75, 3.05) is 19.4 Å². The molecule has 2 aromatic carbocycles. The quantitative estimate of drug-likeness (QED) is 0.551. The van der Waals surface area contributed by atoms with E-state index in [1.807, 2.05) is 61.0 Å². The van der Waals surface area contributed by atoms with Gasteiger partial charge in [0, 0.05) is 42.5 Å². The van der Waals surface area contributed by atoms with Crippen LogP contribution in [0.4, 0.5) is 5.69 Å². The van der Waals surface area contributed by atoms with Gasteiger partial charge in [-0.15, -0.1) is 11.3 Å². The summed E-state index contributed by atoms with van der Waals surface area (Å²) in [6.07, 6.45) is 1.85. The molecule has 0 aliphatic rings. The average Bonchev–Trinajstić information content (AvgIpc) is 3.28. The van der Waals surface area contributed by atoms with Gasteiger partial charge in [0.1, 0.15) is 5.69 Å². The maximum atomic E-state index is 12.5. The smallest absolute Gasteiger partial charge is 0.271 e. The molecule has 4 rings (SSSR count). The van der Waals surface area contributed by atoms with Gasteiger partial charge < -0.3 is 10.2 Å². The van der Waals surface area contributed by atoms with E-state index >= 15 is 0 Å². The number of amides is 2. The fraction of sp³-hybridized carbons (Fsp3) is 0.136. The van der Waals surface area contributed by atoms with Gasteiger partial charge in [0.05, 0.1) is 5.69 Å². The molecular formula is C22H20N4O2S. The Morgan fingerprint density at radius 2 is 1.90 bits per heavy atom. The van der Waals surface area contributed by atoms with Crippen LogP contribution in [0.3, 0.4) is 0 Å². The number of aromatic nitrogens is 2. The van der Waals surface area contributed by atoms with Gasteiger partial charge in [0.15, 0.2) is 4.96 Å². The first-order chi connectivity index (χ1) is 13.9. The number of aryl methyl sites for hydroxylation is 1. The Labute approximate surface area is 172 Å². The third-order valence-corrected chi connectivity index (χ3v) is 5.37. The van der Waals surface area contributed by atoms with Crippen molar-refractivity contribution in [3.63, 3.8) is 0 Å². The van der Waals surface area contributed by atoms with Crippen LogP contribution in [0.2, 0.25) is 0 Å². The Morgan fingerprint density at radius 3 is 2.66 bits per heavy atom. The first-order valence-electron chi connectivity index (χ1n) is 9.09. The Kier molecular flexibility index (Phi) is 4.90. The number of benzene rings is 2. The minimum atomic E-state index is -0.157. The van der Waals surface area contributed by atoms with Crippen LogP contribution in [0.15, 0.2) is 60.1 Å². The Bertz CT molecular complexity index is 1220. The maximum absolute atomic E-state index is 12.5. The number of anilines is 1. The molecule has 2 heterocycles. The van der Waals surface area contributed by atoms with Gasteiger partial charge in [0.25, 0.3) is 11.8 Å². The van der Waals surface area contributed by atoms with Crippen molar-refractivity contribution in [2.45, 2.75) is 6.92 Å². The largest absolute Gasteiger partial charge is 0.343 e. The lowest BCUT2D eigenvalue weighted by Crippen LogP contribution is -2.22. The Morgan fingerprint density at radius 1 is 1.10 bits per heavy atom. The number of thiazole rings is 1. The van der Waals surface area contributed by atoms with E-state index in [-0.39, 0.29) is 11.8 Å². The molecule has 7 heteroatoms. The lowest BCUT2D eigenvalue weighted by atomic mass is 10.1. The van der Waals surface area contributed by atoms with Crippen LogP contribution in [-0.4, -0.2) is 40.2 Å². The van der Waals surface area contributed by atoms with Gasteiger partial charge in [-0.1, -0.05) is 29.8 Å². The minimum Gasteiger partial charge on any atom is -0.343 e. The fourth-order valence-corrected chi connectivity index (χ4v) is 3.90. The van der Waals surface area contributed by atoms with E-state index in [9.17, 15) is 9.59 Å². The third-order valence-electron chi connectivity index (χ3n) is 4.53. The summed E-state index contributed by atoms with van der Waals surface area (Å²) < 4.78 is 1.81. The van der Waals surface area contributed by atoms with E-state index < -0.39 is 0 Å². The number of imidazole rings is 1. The second-order valence-corrected chi connectivity index (χ2v) is 7.84. The van der Waals surface area contributed by atoms with Crippen molar-refractivity contribution < 1.29 is 9.59 Å². The van der Waals surface area contributed by atoms with Gasteiger partial charge in [0.2, 0.25) is 0 Å². The minimum absolute atomic E-state index is 0.0700.